The third kappa shape index (κ3) is 4.43. The van der Waals surface area contributed by atoms with E-state index in [1.54, 1.807) is 13.2 Å². The second kappa shape index (κ2) is 7.79. The molecular formula is C13H17FO4. The molecular weight excluding hydrogens is 239 g/mol. The largest absolute Gasteiger partial charge is 0.490 e. The minimum absolute atomic E-state index is 0.0191. The Morgan fingerprint density at radius 3 is 2.61 bits per heavy atom. The second-order valence-electron chi connectivity index (χ2n) is 3.62. The van der Waals surface area contributed by atoms with Crippen molar-refractivity contribution in [2.75, 3.05) is 33.5 Å². The van der Waals surface area contributed by atoms with Crippen LogP contribution >= 0.6 is 0 Å². The molecule has 100 valence electrons. The Kier molecular flexibility index (Phi) is 6.32. The van der Waals surface area contributed by atoms with Crippen molar-refractivity contribution in [1.82, 2.24) is 0 Å². The maximum atomic E-state index is 13.4. The zero-order chi connectivity index (χ0) is 13.4. The highest BCUT2D eigenvalue weighted by atomic mass is 19.1. The summed E-state index contributed by atoms with van der Waals surface area (Å²) in [6.45, 7) is 2.91. The van der Waals surface area contributed by atoms with Gasteiger partial charge in [-0.1, -0.05) is 6.07 Å². The molecule has 0 aliphatic carbocycles. The molecule has 0 aliphatic rings. The van der Waals surface area contributed by atoms with Crippen LogP contribution < -0.4 is 4.74 Å². The fraction of sp³-hybridized carbons (Fsp3) is 0.462. The highest BCUT2D eigenvalue weighted by Crippen LogP contribution is 2.21. The third-order valence-corrected chi connectivity index (χ3v) is 2.24. The van der Waals surface area contributed by atoms with Crippen LogP contribution in [0, 0.1) is 5.82 Å². The summed E-state index contributed by atoms with van der Waals surface area (Å²) >= 11 is 0. The summed E-state index contributed by atoms with van der Waals surface area (Å²) in [5.74, 6) is -0.679. The average molecular weight is 256 g/mol. The summed E-state index contributed by atoms with van der Waals surface area (Å²) in [5, 5.41) is 0. The molecule has 0 bridgehead atoms. The second-order valence-corrected chi connectivity index (χ2v) is 3.62. The Bertz CT molecular complexity index is 393. The lowest BCUT2D eigenvalue weighted by Crippen LogP contribution is -2.12. The number of halogens is 1. The highest BCUT2D eigenvalue weighted by Gasteiger charge is 2.13. The number of carbonyl (C=O) groups is 1. The first kappa shape index (κ1) is 14.6. The molecule has 5 heteroatoms. The minimum Gasteiger partial charge on any atom is -0.490 e. The summed E-state index contributed by atoms with van der Waals surface area (Å²) in [6.07, 6.45) is 0. The lowest BCUT2D eigenvalue weighted by Gasteiger charge is -2.10. The first-order chi connectivity index (χ1) is 8.66. The topological polar surface area (TPSA) is 44.8 Å². The van der Waals surface area contributed by atoms with Crippen LogP contribution in [0.2, 0.25) is 0 Å². The Balaban J connectivity index is 2.47. The Hall–Kier alpha value is -1.46. The highest BCUT2D eigenvalue weighted by molar-refractivity contribution is 5.97. The first-order valence-corrected chi connectivity index (χ1v) is 5.65. The molecule has 0 aromatic heterocycles. The number of hydrogen-bond donors (Lipinski definition) is 0. The van der Waals surface area contributed by atoms with Crippen molar-refractivity contribution in [3.05, 3.63) is 29.6 Å². The zero-order valence-corrected chi connectivity index (χ0v) is 10.6. The van der Waals surface area contributed by atoms with E-state index < -0.39 is 5.82 Å². The molecule has 0 amide bonds. The van der Waals surface area contributed by atoms with E-state index in [2.05, 4.69) is 0 Å². The van der Waals surface area contributed by atoms with Crippen LogP contribution in [0.3, 0.4) is 0 Å². The van der Waals surface area contributed by atoms with Gasteiger partial charge in [0.1, 0.15) is 18.2 Å². The SMILES string of the molecule is COCCOCCOc1cccc(F)c1C(C)=O. The molecule has 0 unspecified atom stereocenters. The molecule has 0 radical (unpaired) electrons. The number of ether oxygens (including phenoxy) is 3. The third-order valence-electron chi connectivity index (χ3n) is 2.24. The van der Waals surface area contributed by atoms with E-state index in [-0.39, 0.29) is 23.7 Å². The molecule has 0 spiro atoms. The van der Waals surface area contributed by atoms with Gasteiger partial charge < -0.3 is 14.2 Å². The standard InChI is InChI=1S/C13H17FO4/c1-10(15)13-11(14)4-3-5-12(13)18-9-8-17-7-6-16-2/h3-5H,6-9H2,1-2H3. The summed E-state index contributed by atoms with van der Waals surface area (Å²) < 4.78 is 28.8. The summed E-state index contributed by atoms with van der Waals surface area (Å²) in [6, 6.07) is 4.30. The van der Waals surface area contributed by atoms with Gasteiger partial charge in [-0.05, 0) is 19.1 Å². The van der Waals surface area contributed by atoms with Crippen molar-refractivity contribution in [3.63, 3.8) is 0 Å². The van der Waals surface area contributed by atoms with Crippen molar-refractivity contribution in [2.45, 2.75) is 6.92 Å². The van der Waals surface area contributed by atoms with Gasteiger partial charge in [0.2, 0.25) is 0 Å². The van der Waals surface area contributed by atoms with Crippen molar-refractivity contribution < 1.29 is 23.4 Å². The fourth-order valence-corrected chi connectivity index (χ4v) is 1.42. The molecule has 18 heavy (non-hydrogen) atoms. The number of Topliss-reactive ketones (excluding diaryl/α,β-unsaturated/α-hetero) is 1. The number of ketones is 1. The van der Waals surface area contributed by atoms with E-state index >= 15 is 0 Å². The van der Waals surface area contributed by atoms with E-state index in [9.17, 15) is 9.18 Å². The molecule has 0 atom stereocenters. The first-order valence-electron chi connectivity index (χ1n) is 5.65. The Labute approximate surface area is 106 Å². The molecule has 0 fully saturated rings. The Morgan fingerprint density at radius 1 is 1.22 bits per heavy atom. The van der Waals surface area contributed by atoms with Gasteiger partial charge in [-0.15, -0.1) is 0 Å². The van der Waals surface area contributed by atoms with Crippen LogP contribution in [0.1, 0.15) is 17.3 Å². The Morgan fingerprint density at radius 2 is 1.94 bits per heavy atom. The maximum absolute atomic E-state index is 13.4. The molecule has 1 rings (SSSR count). The van der Waals surface area contributed by atoms with Gasteiger partial charge in [-0.25, -0.2) is 4.39 Å². The average Bonchev–Trinajstić information content (AvgIpc) is 2.33. The predicted octanol–water partition coefficient (Wildman–Crippen LogP) is 2.07. The molecule has 0 aliphatic heterocycles. The fourth-order valence-electron chi connectivity index (χ4n) is 1.42. The van der Waals surface area contributed by atoms with Crippen LogP contribution in [-0.2, 0) is 9.47 Å². The van der Waals surface area contributed by atoms with E-state index in [0.29, 0.717) is 19.8 Å². The molecule has 0 saturated heterocycles. The van der Waals surface area contributed by atoms with Crippen molar-refractivity contribution in [3.8, 4) is 5.75 Å². The summed E-state index contributed by atoms with van der Waals surface area (Å²) in [7, 11) is 1.59. The van der Waals surface area contributed by atoms with E-state index in [1.807, 2.05) is 0 Å². The van der Waals surface area contributed by atoms with Crippen molar-refractivity contribution in [2.24, 2.45) is 0 Å². The van der Waals surface area contributed by atoms with Gasteiger partial charge in [-0.2, -0.15) is 0 Å². The maximum Gasteiger partial charge on any atom is 0.166 e. The van der Waals surface area contributed by atoms with Crippen LogP contribution in [0.4, 0.5) is 4.39 Å². The van der Waals surface area contributed by atoms with Gasteiger partial charge >= 0.3 is 0 Å². The van der Waals surface area contributed by atoms with Gasteiger partial charge in [0.25, 0.3) is 0 Å². The molecule has 0 heterocycles. The van der Waals surface area contributed by atoms with Crippen LogP contribution in [-0.4, -0.2) is 39.3 Å². The number of methoxy groups -OCH3 is 1. The van der Waals surface area contributed by atoms with Gasteiger partial charge in [0.05, 0.1) is 25.4 Å². The molecule has 1 aromatic carbocycles. The lowest BCUT2D eigenvalue weighted by molar-refractivity contribution is 0.0541. The molecule has 4 nitrogen and oxygen atoms in total. The molecule has 0 N–H and O–H groups in total. The van der Waals surface area contributed by atoms with E-state index in [4.69, 9.17) is 14.2 Å². The van der Waals surface area contributed by atoms with Gasteiger partial charge in [0, 0.05) is 7.11 Å². The van der Waals surface area contributed by atoms with Gasteiger partial charge in [0.15, 0.2) is 5.78 Å². The smallest absolute Gasteiger partial charge is 0.166 e. The number of benzene rings is 1. The van der Waals surface area contributed by atoms with Crippen LogP contribution in [0.25, 0.3) is 0 Å². The van der Waals surface area contributed by atoms with Crippen LogP contribution in [0.15, 0.2) is 18.2 Å². The summed E-state index contributed by atoms with van der Waals surface area (Å²) in [5.41, 5.74) is -0.0191. The van der Waals surface area contributed by atoms with E-state index in [0.717, 1.165) is 0 Å². The molecule has 1 aromatic rings. The van der Waals surface area contributed by atoms with Gasteiger partial charge in [-0.3, -0.25) is 4.79 Å². The minimum atomic E-state index is -0.569. The zero-order valence-electron chi connectivity index (χ0n) is 10.6. The van der Waals surface area contributed by atoms with E-state index in [1.165, 1.54) is 19.1 Å². The predicted molar refractivity (Wildman–Crippen MR) is 64.6 cm³/mol. The number of rotatable bonds is 8. The summed E-state index contributed by atoms with van der Waals surface area (Å²) in [4.78, 5) is 11.3. The van der Waals surface area contributed by atoms with Crippen molar-refractivity contribution in [1.29, 1.82) is 0 Å². The van der Waals surface area contributed by atoms with Crippen molar-refractivity contribution >= 4 is 5.78 Å². The monoisotopic (exact) mass is 256 g/mol. The normalized spacial score (nSPS) is 10.4. The molecule has 0 saturated carbocycles. The lowest BCUT2D eigenvalue weighted by atomic mass is 10.1. The quantitative estimate of drug-likeness (QED) is 0.527. The van der Waals surface area contributed by atoms with Crippen LogP contribution in [0.5, 0.6) is 5.75 Å². The number of carbonyl (C=O) groups excluding carboxylic acids is 1. The number of hydrogen-bond acceptors (Lipinski definition) is 4.